The fourth-order valence-electron chi connectivity index (χ4n) is 3.22. The average molecular weight is 367 g/mol. The fourth-order valence-corrected chi connectivity index (χ4v) is 3.22. The molecule has 2 rings (SSSR count). The van der Waals surface area contributed by atoms with E-state index in [1.807, 2.05) is 6.92 Å². The van der Waals surface area contributed by atoms with Gasteiger partial charge in [0.15, 0.2) is 0 Å². The zero-order valence-electron chi connectivity index (χ0n) is 15.5. The van der Waals surface area contributed by atoms with Crippen LogP contribution in [0.1, 0.15) is 39.5 Å². The Bertz CT molecular complexity index is 591. The number of aliphatic hydroxyl groups excluding tert-OH is 2. The summed E-state index contributed by atoms with van der Waals surface area (Å²) in [5, 5.41) is 24.6. The van der Waals surface area contributed by atoms with Gasteiger partial charge < -0.3 is 25.7 Å². The van der Waals surface area contributed by atoms with Crippen molar-refractivity contribution in [2.75, 3.05) is 29.9 Å². The molecule has 7 heteroatoms. The van der Waals surface area contributed by atoms with Gasteiger partial charge in [-0.05, 0) is 43.4 Å². The van der Waals surface area contributed by atoms with Gasteiger partial charge in [0.05, 0.1) is 30.1 Å². The molecule has 26 heavy (non-hydrogen) atoms. The number of rotatable bonds is 7. The highest BCUT2D eigenvalue weighted by atomic mass is 19.1. The zero-order chi connectivity index (χ0) is 19.1. The Balaban J connectivity index is 2.07. The summed E-state index contributed by atoms with van der Waals surface area (Å²) in [5.74, 6) is 0.232. The molecule has 2 atom stereocenters. The van der Waals surface area contributed by atoms with Gasteiger partial charge in [0.1, 0.15) is 5.82 Å². The van der Waals surface area contributed by atoms with E-state index < -0.39 is 24.0 Å². The third-order valence-corrected chi connectivity index (χ3v) is 4.89. The number of anilines is 2. The maximum Gasteiger partial charge on any atom is 0.319 e. The fraction of sp³-hybridized carbons (Fsp3) is 0.632. The topological polar surface area (TPSA) is 84.8 Å². The van der Waals surface area contributed by atoms with Crippen molar-refractivity contribution in [2.45, 2.75) is 51.7 Å². The Kier molecular flexibility index (Phi) is 7.66. The predicted molar refractivity (Wildman–Crippen MR) is 101 cm³/mol. The van der Waals surface area contributed by atoms with Crippen LogP contribution in [0.25, 0.3) is 0 Å². The predicted octanol–water partition coefficient (Wildman–Crippen LogP) is 2.71. The van der Waals surface area contributed by atoms with E-state index in [1.54, 1.807) is 6.07 Å². The number of halogens is 1. The summed E-state index contributed by atoms with van der Waals surface area (Å²) in [5.41, 5.74) is 1.17. The molecule has 1 heterocycles. The Morgan fingerprint density at radius 2 is 2.08 bits per heavy atom. The lowest BCUT2D eigenvalue weighted by Gasteiger charge is -2.33. The molecule has 2 amide bonds. The molecule has 1 aromatic rings. The van der Waals surface area contributed by atoms with Crippen LogP contribution in [0.5, 0.6) is 0 Å². The van der Waals surface area contributed by atoms with Gasteiger partial charge in [0.2, 0.25) is 0 Å². The number of aliphatic hydroxyl groups is 2. The Hall–Kier alpha value is -1.86. The number of amides is 2. The first-order valence-corrected chi connectivity index (χ1v) is 9.35. The molecule has 146 valence electrons. The van der Waals surface area contributed by atoms with Crippen LogP contribution >= 0.6 is 0 Å². The van der Waals surface area contributed by atoms with E-state index in [1.165, 1.54) is 12.1 Å². The highest BCUT2D eigenvalue weighted by molar-refractivity contribution is 5.93. The second kappa shape index (κ2) is 9.73. The first-order chi connectivity index (χ1) is 12.4. The second-order valence-corrected chi connectivity index (χ2v) is 7.07. The molecule has 0 aromatic heterocycles. The van der Waals surface area contributed by atoms with Crippen molar-refractivity contribution in [1.82, 2.24) is 5.32 Å². The van der Waals surface area contributed by atoms with Gasteiger partial charge in [-0.2, -0.15) is 0 Å². The summed E-state index contributed by atoms with van der Waals surface area (Å²) in [7, 11) is 0. The van der Waals surface area contributed by atoms with Crippen LogP contribution in [0.15, 0.2) is 18.2 Å². The monoisotopic (exact) mass is 367 g/mol. The van der Waals surface area contributed by atoms with Crippen molar-refractivity contribution in [3.05, 3.63) is 24.0 Å². The van der Waals surface area contributed by atoms with Gasteiger partial charge in [0.25, 0.3) is 0 Å². The van der Waals surface area contributed by atoms with Crippen LogP contribution in [0, 0.1) is 11.7 Å². The van der Waals surface area contributed by atoms with E-state index in [9.17, 15) is 19.4 Å². The Morgan fingerprint density at radius 3 is 2.69 bits per heavy atom. The molecule has 2 unspecified atom stereocenters. The molecule has 1 aliphatic rings. The van der Waals surface area contributed by atoms with E-state index >= 15 is 0 Å². The van der Waals surface area contributed by atoms with Crippen LogP contribution in [0.4, 0.5) is 20.6 Å². The molecule has 6 nitrogen and oxygen atoms in total. The highest BCUT2D eigenvalue weighted by Crippen LogP contribution is 2.30. The maximum atomic E-state index is 13.7. The average Bonchev–Trinajstić information content (AvgIpc) is 2.61. The number of nitrogens with zero attached hydrogens (tertiary/aromatic N) is 1. The number of piperidine rings is 1. The third-order valence-electron chi connectivity index (χ3n) is 4.89. The van der Waals surface area contributed by atoms with Crippen molar-refractivity contribution in [3.63, 3.8) is 0 Å². The number of hydrogen-bond acceptors (Lipinski definition) is 4. The highest BCUT2D eigenvalue weighted by Gasteiger charge is 2.22. The summed E-state index contributed by atoms with van der Waals surface area (Å²) >= 11 is 0. The standard InChI is InChI=1S/C19H30FN3O3/c1-3-4-18(25)16(12-24)22-19(26)21-15-11-14(20)5-6-17(15)23-9-7-13(2)8-10-23/h5-6,11,13,16,18,24-25H,3-4,7-10,12H2,1-2H3,(H2,21,22,26). The van der Waals surface area contributed by atoms with Gasteiger partial charge in [-0.1, -0.05) is 20.3 Å². The molecular weight excluding hydrogens is 337 g/mol. The van der Waals surface area contributed by atoms with E-state index in [0.29, 0.717) is 18.0 Å². The molecule has 0 aliphatic carbocycles. The summed E-state index contributed by atoms with van der Waals surface area (Å²) in [6, 6.07) is 3.02. The SMILES string of the molecule is CCCC(O)C(CO)NC(=O)Nc1cc(F)ccc1N1CCC(C)CC1. The van der Waals surface area contributed by atoms with Gasteiger partial charge in [-0.15, -0.1) is 0 Å². The Labute approximate surface area is 154 Å². The number of benzene rings is 1. The lowest BCUT2D eigenvalue weighted by molar-refractivity contribution is 0.0876. The number of urea groups is 1. The van der Waals surface area contributed by atoms with Gasteiger partial charge in [-0.25, -0.2) is 9.18 Å². The number of nitrogens with one attached hydrogen (secondary N) is 2. The minimum Gasteiger partial charge on any atom is -0.394 e. The molecule has 1 fully saturated rings. The van der Waals surface area contributed by atoms with Gasteiger partial charge in [0, 0.05) is 13.1 Å². The molecule has 0 saturated carbocycles. The van der Waals surface area contributed by atoms with Crippen LogP contribution in [0.2, 0.25) is 0 Å². The van der Waals surface area contributed by atoms with Crippen molar-refractivity contribution in [3.8, 4) is 0 Å². The van der Waals surface area contributed by atoms with Gasteiger partial charge in [-0.3, -0.25) is 0 Å². The minimum absolute atomic E-state index is 0.366. The van der Waals surface area contributed by atoms with E-state index in [0.717, 1.165) is 38.0 Å². The molecule has 1 aliphatic heterocycles. The van der Waals surface area contributed by atoms with Crippen molar-refractivity contribution >= 4 is 17.4 Å². The van der Waals surface area contributed by atoms with Crippen molar-refractivity contribution in [1.29, 1.82) is 0 Å². The maximum absolute atomic E-state index is 13.7. The lowest BCUT2D eigenvalue weighted by atomic mass is 9.98. The smallest absolute Gasteiger partial charge is 0.319 e. The van der Waals surface area contributed by atoms with Crippen molar-refractivity contribution < 1.29 is 19.4 Å². The summed E-state index contributed by atoms with van der Waals surface area (Å²) in [6.07, 6.45) is 2.49. The molecule has 0 spiro atoms. The summed E-state index contributed by atoms with van der Waals surface area (Å²) in [4.78, 5) is 14.4. The number of carbonyl (C=O) groups is 1. The molecule has 0 bridgehead atoms. The molecule has 1 aromatic carbocycles. The largest absolute Gasteiger partial charge is 0.394 e. The molecule has 0 radical (unpaired) electrons. The lowest BCUT2D eigenvalue weighted by Crippen LogP contribution is -2.47. The van der Waals surface area contributed by atoms with Crippen LogP contribution in [0.3, 0.4) is 0 Å². The number of carbonyl (C=O) groups excluding carboxylic acids is 1. The first kappa shape index (κ1) is 20.5. The number of hydrogen-bond donors (Lipinski definition) is 4. The van der Waals surface area contributed by atoms with E-state index in [4.69, 9.17) is 0 Å². The molecule has 1 saturated heterocycles. The van der Waals surface area contributed by atoms with Gasteiger partial charge >= 0.3 is 6.03 Å². The normalized spacial score (nSPS) is 17.7. The zero-order valence-corrected chi connectivity index (χ0v) is 15.5. The quantitative estimate of drug-likeness (QED) is 0.597. The van der Waals surface area contributed by atoms with Crippen LogP contribution in [-0.2, 0) is 0 Å². The molecular formula is C19H30FN3O3. The van der Waals surface area contributed by atoms with Crippen molar-refractivity contribution in [2.24, 2.45) is 5.92 Å². The second-order valence-electron chi connectivity index (χ2n) is 7.07. The summed E-state index contributed by atoms with van der Waals surface area (Å²) in [6.45, 7) is 5.48. The van der Waals surface area contributed by atoms with Crippen LogP contribution < -0.4 is 15.5 Å². The van der Waals surface area contributed by atoms with E-state index in [2.05, 4.69) is 22.5 Å². The van der Waals surface area contributed by atoms with Crippen LogP contribution in [-0.4, -0.2) is 48.1 Å². The minimum atomic E-state index is -0.827. The Morgan fingerprint density at radius 1 is 1.38 bits per heavy atom. The van der Waals surface area contributed by atoms with E-state index in [-0.39, 0.29) is 6.61 Å². The molecule has 4 N–H and O–H groups in total. The summed E-state index contributed by atoms with van der Waals surface area (Å²) < 4.78 is 13.7. The first-order valence-electron chi connectivity index (χ1n) is 9.35. The third kappa shape index (κ3) is 5.57.